The van der Waals surface area contributed by atoms with Gasteiger partial charge >= 0.3 is 6.18 Å². The lowest BCUT2D eigenvalue weighted by Gasteiger charge is -2.08. The minimum atomic E-state index is -4.60. The number of benzene rings is 1. The normalized spacial score (nSPS) is 15.3. The molecule has 1 aromatic carbocycles. The monoisotopic (exact) mass is 316 g/mol. The van der Waals surface area contributed by atoms with Crippen LogP contribution in [0.15, 0.2) is 18.2 Å². The third-order valence-electron chi connectivity index (χ3n) is 3.33. The van der Waals surface area contributed by atoms with Crippen molar-refractivity contribution in [3.8, 4) is 5.69 Å². The van der Waals surface area contributed by atoms with E-state index in [4.69, 9.17) is 11.6 Å². The van der Waals surface area contributed by atoms with Gasteiger partial charge in [0.05, 0.1) is 10.7 Å². The summed E-state index contributed by atoms with van der Waals surface area (Å²) in [7, 11) is 1.48. The zero-order valence-electron chi connectivity index (χ0n) is 11.1. The Labute approximate surface area is 123 Å². The van der Waals surface area contributed by atoms with E-state index in [2.05, 4.69) is 15.4 Å². The highest BCUT2D eigenvalue weighted by molar-refractivity contribution is 6.32. The number of hydrogen-bond donors (Lipinski definition) is 1. The van der Waals surface area contributed by atoms with Crippen LogP contribution in [0.3, 0.4) is 0 Å². The molecule has 0 bridgehead atoms. The Morgan fingerprint density at radius 3 is 2.57 bits per heavy atom. The average molecular weight is 317 g/mol. The van der Waals surface area contributed by atoms with Crippen LogP contribution >= 0.6 is 11.6 Å². The smallest absolute Gasteiger partial charge is 0.357 e. The van der Waals surface area contributed by atoms with E-state index < -0.39 is 12.0 Å². The van der Waals surface area contributed by atoms with Gasteiger partial charge in [-0.25, -0.2) is 0 Å². The van der Waals surface area contributed by atoms with Crippen LogP contribution in [0.25, 0.3) is 5.69 Å². The molecule has 1 aromatic heterocycles. The first kappa shape index (κ1) is 14.2. The first-order valence-electron chi connectivity index (χ1n) is 6.42. The number of hydrogen-bond acceptors (Lipinski definition) is 3. The first-order valence-corrected chi connectivity index (χ1v) is 6.80. The van der Waals surface area contributed by atoms with Gasteiger partial charge < -0.3 is 5.32 Å². The van der Waals surface area contributed by atoms with Gasteiger partial charge in [-0.15, -0.1) is 5.10 Å². The molecule has 1 fully saturated rings. The Morgan fingerprint density at radius 1 is 1.33 bits per heavy atom. The predicted octanol–water partition coefficient (Wildman–Crippen LogP) is 3.86. The molecule has 1 saturated carbocycles. The standard InChI is InChI=1S/C13H12ClF3N4/c1-18-12-19-11(13(15,16)17)20-21(12)10-5-4-8(6-9(10)14)7-2-3-7/h4-7H,2-3H2,1H3,(H,18,19,20). The summed E-state index contributed by atoms with van der Waals surface area (Å²) >= 11 is 6.19. The second kappa shape index (κ2) is 4.91. The van der Waals surface area contributed by atoms with Crippen LogP contribution in [0.4, 0.5) is 19.1 Å². The summed E-state index contributed by atoms with van der Waals surface area (Å²) in [6.45, 7) is 0. The van der Waals surface area contributed by atoms with Crippen LogP contribution in [0.2, 0.25) is 5.02 Å². The van der Waals surface area contributed by atoms with E-state index in [1.165, 1.54) is 7.05 Å². The molecular weight excluding hydrogens is 305 g/mol. The summed E-state index contributed by atoms with van der Waals surface area (Å²) in [5.74, 6) is -0.695. The van der Waals surface area contributed by atoms with Gasteiger partial charge in [-0.1, -0.05) is 17.7 Å². The molecule has 1 aliphatic rings. The number of rotatable bonds is 3. The average Bonchev–Trinajstić information content (AvgIpc) is 3.16. The Kier molecular flexibility index (Phi) is 3.32. The molecule has 0 saturated heterocycles. The van der Waals surface area contributed by atoms with E-state index in [1.54, 1.807) is 12.1 Å². The highest BCUT2D eigenvalue weighted by atomic mass is 35.5. The quantitative estimate of drug-likeness (QED) is 0.935. The van der Waals surface area contributed by atoms with E-state index in [-0.39, 0.29) is 5.95 Å². The molecular formula is C13H12ClF3N4. The van der Waals surface area contributed by atoms with Gasteiger partial charge in [0.25, 0.3) is 5.82 Å². The molecule has 2 aromatic rings. The van der Waals surface area contributed by atoms with E-state index in [1.807, 2.05) is 6.07 Å². The summed E-state index contributed by atoms with van der Waals surface area (Å²) in [5, 5.41) is 6.46. The molecule has 8 heteroatoms. The van der Waals surface area contributed by atoms with Crippen LogP contribution in [0.5, 0.6) is 0 Å². The van der Waals surface area contributed by atoms with Crippen molar-refractivity contribution in [2.24, 2.45) is 0 Å². The summed E-state index contributed by atoms with van der Waals surface area (Å²) in [5.41, 5.74) is 1.47. The lowest BCUT2D eigenvalue weighted by molar-refractivity contribution is -0.144. The van der Waals surface area contributed by atoms with Crippen LogP contribution in [0.1, 0.15) is 30.1 Å². The van der Waals surface area contributed by atoms with E-state index in [0.29, 0.717) is 16.6 Å². The molecule has 0 aliphatic heterocycles. The lowest BCUT2D eigenvalue weighted by atomic mass is 10.1. The van der Waals surface area contributed by atoms with Crippen molar-refractivity contribution in [3.05, 3.63) is 34.6 Å². The summed E-state index contributed by atoms with van der Waals surface area (Å²) < 4.78 is 39.2. The van der Waals surface area contributed by atoms with Crippen LogP contribution in [0, 0.1) is 0 Å². The maximum absolute atomic E-state index is 12.7. The van der Waals surface area contributed by atoms with Gasteiger partial charge in [-0.3, -0.25) is 0 Å². The van der Waals surface area contributed by atoms with Crippen LogP contribution in [-0.2, 0) is 6.18 Å². The minimum absolute atomic E-state index is 0.0107. The van der Waals surface area contributed by atoms with Gasteiger partial charge in [0.2, 0.25) is 5.95 Å². The van der Waals surface area contributed by atoms with Gasteiger partial charge in [-0.05, 0) is 36.5 Å². The van der Waals surface area contributed by atoms with Crippen molar-refractivity contribution >= 4 is 17.5 Å². The van der Waals surface area contributed by atoms with Crippen molar-refractivity contribution in [3.63, 3.8) is 0 Å². The maximum atomic E-state index is 12.7. The molecule has 21 heavy (non-hydrogen) atoms. The predicted molar refractivity (Wildman–Crippen MR) is 72.9 cm³/mol. The fourth-order valence-corrected chi connectivity index (χ4v) is 2.40. The lowest BCUT2D eigenvalue weighted by Crippen LogP contribution is -2.08. The summed E-state index contributed by atoms with van der Waals surface area (Å²) in [6.07, 6.45) is -2.35. The van der Waals surface area contributed by atoms with E-state index >= 15 is 0 Å². The molecule has 1 aliphatic carbocycles. The van der Waals surface area contributed by atoms with Crippen LogP contribution < -0.4 is 5.32 Å². The fraction of sp³-hybridized carbons (Fsp3) is 0.385. The topological polar surface area (TPSA) is 42.7 Å². The van der Waals surface area contributed by atoms with Crippen molar-refractivity contribution in [1.29, 1.82) is 0 Å². The van der Waals surface area contributed by atoms with Crippen molar-refractivity contribution in [2.45, 2.75) is 24.9 Å². The highest BCUT2D eigenvalue weighted by Gasteiger charge is 2.37. The summed E-state index contributed by atoms with van der Waals surface area (Å²) in [6, 6.07) is 5.32. The maximum Gasteiger partial charge on any atom is 0.453 e. The molecule has 0 radical (unpaired) electrons. The second-order valence-corrected chi connectivity index (χ2v) is 5.31. The zero-order valence-corrected chi connectivity index (χ0v) is 11.8. The van der Waals surface area contributed by atoms with Crippen LogP contribution in [-0.4, -0.2) is 21.8 Å². The van der Waals surface area contributed by atoms with Gasteiger partial charge in [0.15, 0.2) is 0 Å². The molecule has 0 spiro atoms. The largest absolute Gasteiger partial charge is 0.453 e. The van der Waals surface area contributed by atoms with Gasteiger partial charge in [0, 0.05) is 7.05 Å². The van der Waals surface area contributed by atoms with Gasteiger partial charge in [0.1, 0.15) is 0 Å². The molecule has 1 N–H and O–H groups in total. The minimum Gasteiger partial charge on any atom is -0.357 e. The number of anilines is 1. The van der Waals surface area contributed by atoms with E-state index in [9.17, 15) is 13.2 Å². The Hall–Kier alpha value is -1.76. The third kappa shape index (κ3) is 2.70. The third-order valence-corrected chi connectivity index (χ3v) is 3.64. The molecule has 0 atom stereocenters. The van der Waals surface area contributed by atoms with Crippen molar-refractivity contribution < 1.29 is 13.2 Å². The number of nitrogens with one attached hydrogen (secondary N) is 1. The molecule has 1 heterocycles. The molecule has 0 unspecified atom stereocenters. The van der Waals surface area contributed by atoms with Gasteiger partial charge in [-0.2, -0.15) is 22.8 Å². The molecule has 0 amide bonds. The first-order chi connectivity index (χ1) is 9.90. The second-order valence-electron chi connectivity index (χ2n) is 4.90. The number of alkyl halides is 3. The summed E-state index contributed by atoms with van der Waals surface area (Å²) in [4.78, 5) is 3.44. The van der Waals surface area contributed by atoms with Crippen molar-refractivity contribution in [1.82, 2.24) is 14.8 Å². The number of aromatic nitrogens is 3. The molecule has 4 nitrogen and oxygen atoms in total. The highest BCUT2D eigenvalue weighted by Crippen LogP contribution is 2.41. The van der Waals surface area contributed by atoms with Crippen molar-refractivity contribution in [2.75, 3.05) is 12.4 Å². The zero-order chi connectivity index (χ0) is 15.2. The Bertz CT molecular complexity index is 677. The number of nitrogens with zero attached hydrogens (tertiary/aromatic N) is 3. The fourth-order valence-electron chi connectivity index (χ4n) is 2.13. The molecule has 3 rings (SSSR count). The van der Waals surface area contributed by atoms with E-state index in [0.717, 1.165) is 23.1 Å². The number of halogens is 4. The molecule has 112 valence electrons. The Balaban J connectivity index is 2.05. The Morgan fingerprint density at radius 2 is 2.05 bits per heavy atom. The SMILES string of the molecule is CNc1nc(C(F)(F)F)nn1-c1ccc(C2CC2)cc1Cl.